The maximum Gasteiger partial charge on any atom is 0.340 e. The Morgan fingerprint density at radius 2 is 1.71 bits per heavy atom. The zero-order valence-electron chi connectivity index (χ0n) is 14.5. The zero-order chi connectivity index (χ0) is 17.9. The number of carbonyl (C=O) groups is 2. The van der Waals surface area contributed by atoms with Gasteiger partial charge in [-0.1, -0.05) is 38.5 Å². The molecule has 0 saturated carbocycles. The third-order valence-corrected chi connectivity index (χ3v) is 4.89. The van der Waals surface area contributed by atoms with Crippen LogP contribution in [0.5, 0.6) is 0 Å². The van der Waals surface area contributed by atoms with Crippen molar-refractivity contribution in [1.82, 2.24) is 0 Å². The van der Waals surface area contributed by atoms with Crippen LogP contribution in [0.3, 0.4) is 0 Å². The van der Waals surface area contributed by atoms with Crippen molar-refractivity contribution in [3.05, 3.63) is 46.3 Å². The van der Waals surface area contributed by atoms with Gasteiger partial charge in [-0.2, -0.15) is 0 Å². The van der Waals surface area contributed by atoms with Gasteiger partial charge in [0.05, 0.1) is 12.7 Å². The molecular formula is C18H22N2O3S. The molecule has 1 heterocycles. The lowest BCUT2D eigenvalue weighted by molar-refractivity contribution is 0.0602. The van der Waals surface area contributed by atoms with E-state index in [4.69, 9.17) is 4.74 Å². The van der Waals surface area contributed by atoms with E-state index in [0.717, 1.165) is 10.4 Å². The van der Waals surface area contributed by atoms with Gasteiger partial charge in [-0.15, -0.1) is 11.3 Å². The number of urea groups is 1. The fourth-order valence-corrected chi connectivity index (χ4v) is 3.12. The normalized spacial score (nSPS) is 11.0. The van der Waals surface area contributed by atoms with Crippen molar-refractivity contribution in [1.29, 1.82) is 0 Å². The molecule has 0 spiro atoms. The first kappa shape index (κ1) is 18.0. The molecule has 1 aromatic heterocycles. The molecule has 0 atom stereocenters. The lowest BCUT2D eigenvalue weighted by atomic mass is 9.94. The summed E-state index contributed by atoms with van der Waals surface area (Å²) >= 11 is 1.38. The highest BCUT2D eigenvalue weighted by atomic mass is 32.1. The number of carbonyl (C=O) groups excluding carboxylic acids is 2. The molecule has 0 radical (unpaired) electrons. The Morgan fingerprint density at radius 1 is 1.08 bits per heavy atom. The molecular weight excluding hydrogens is 324 g/mol. The molecule has 1 aromatic carbocycles. The molecule has 0 unspecified atom stereocenters. The van der Waals surface area contributed by atoms with Crippen LogP contribution in [0, 0.1) is 6.92 Å². The predicted molar refractivity (Wildman–Crippen MR) is 98.2 cm³/mol. The molecule has 2 rings (SSSR count). The van der Waals surface area contributed by atoms with Crippen molar-refractivity contribution in [2.45, 2.75) is 33.1 Å². The van der Waals surface area contributed by atoms with Gasteiger partial charge in [-0.05, 0) is 30.5 Å². The van der Waals surface area contributed by atoms with Crippen LogP contribution in [0.15, 0.2) is 30.3 Å². The maximum absolute atomic E-state index is 12.2. The van der Waals surface area contributed by atoms with E-state index in [1.165, 1.54) is 18.4 Å². The van der Waals surface area contributed by atoms with E-state index in [1.807, 2.05) is 31.2 Å². The number of hydrogen-bond donors (Lipinski definition) is 2. The molecule has 2 amide bonds. The van der Waals surface area contributed by atoms with Gasteiger partial charge >= 0.3 is 12.0 Å². The van der Waals surface area contributed by atoms with Crippen LogP contribution in [0.4, 0.5) is 15.5 Å². The zero-order valence-corrected chi connectivity index (χ0v) is 15.3. The van der Waals surface area contributed by atoms with Gasteiger partial charge in [0.25, 0.3) is 0 Å². The molecule has 0 aliphatic heterocycles. The number of benzene rings is 1. The van der Waals surface area contributed by atoms with E-state index in [0.29, 0.717) is 16.3 Å². The number of methoxy groups -OCH3 is 1. The summed E-state index contributed by atoms with van der Waals surface area (Å²) in [6.07, 6.45) is 0. The van der Waals surface area contributed by atoms with E-state index in [9.17, 15) is 9.59 Å². The van der Waals surface area contributed by atoms with Crippen LogP contribution in [0.1, 0.15) is 41.6 Å². The minimum absolute atomic E-state index is 0.124. The van der Waals surface area contributed by atoms with E-state index in [1.54, 1.807) is 6.07 Å². The van der Waals surface area contributed by atoms with Gasteiger partial charge in [-0.3, -0.25) is 5.32 Å². The maximum atomic E-state index is 12.2. The van der Waals surface area contributed by atoms with Crippen LogP contribution in [-0.4, -0.2) is 19.1 Å². The molecule has 0 aliphatic carbocycles. The summed E-state index contributed by atoms with van der Waals surface area (Å²) in [5.41, 5.74) is 2.04. The lowest BCUT2D eigenvalue weighted by Crippen LogP contribution is -2.20. The molecule has 128 valence electrons. The van der Waals surface area contributed by atoms with E-state index in [-0.39, 0.29) is 5.41 Å². The second-order valence-corrected chi connectivity index (χ2v) is 7.59. The van der Waals surface area contributed by atoms with E-state index >= 15 is 0 Å². The SMILES string of the molecule is COC(=O)c1cc(C(C)(C)C)sc1NC(=O)Nc1ccc(C)cc1. The van der Waals surface area contributed by atoms with Crippen molar-refractivity contribution in [2.75, 3.05) is 17.7 Å². The van der Waals surface area contributed by atoms with Gasteiger partial charge in [0, 0.05) is 10.6 Å². The monoisotopic (exact) mass is 346 g/mol. The molecule has 0 aliphatic rings. The molecule has 2 aromatic rings. The standard InChI is InChI=1S/C18H22N2O3S/c1-11-6-8-12(9-7-11)19-17(22)20-15-13(16(21)23-5)10-14(24-15)18(2,3)4/h6-10H,1-5H3,(H2,19,20,22). The van der Waals surface area contributed by atoms with Crippen molar-refractivity contribution >= 4 is 34.0 Å². The van der Waals surface area contributed by atoms with E-state index < -0.39 is 12.0 Å². The third-order valence-electron chi connectivity index (χ3n) is 3.41. The van der Waals surface area contributed by atoms with Gasteiger partial charge < -0.3 is 10.1 Å². The minimum Gasteiger partial charge on any atom is -0.465 e. The number of ether oxygens (including phenoxy) is 1. The smallest absolute Gasteiger partial charge is 0.340 e. The summed E-state index contributed by atoms with van der Waals surface area (Å²) in [7, 11) is 1.33. The van der Waals surface area contributed by atoms with Gasteiger partial charge in [-0.25, -0.2) is 9.59 Å². The number of amides is 2. The van der Waals surface area contributed by atoms with Crippen molar-refractivity contribution in [3.8, 4) is 0 Å². The Bertz CT molecular complexity index is 743. The van der Waals surface area contributed by atoms with Gasteiger partial charge in [0.2, 0.25) is 0 Å². The summed E-state index contributed by atoms with van der Waals surface area (Å²) < 4.78 is 4.81. The summed E-state index contributed by atoms with van der Waals surface area (Å²) in [5, 5.41) is 5.99. The van der Waals surface area contributed by atoms with Crippen LogP contribution >= 0.6 is 11.3 Å². The van der Waals surface area contributed by atoms with Gasteiger partial charge in [0.1, 0.15) is 5.00 Å². The Morgan fingerprint density at radius 3 is 2.25 bits per heavy atom. The molecule has 0 bridgehead atoms. The van der Waals surface area contributed by atoms with Gasteiger partial charge in [0.15, 0.2) is 0 Å². The summed E-state index contributed by atoms with van der Waals surface area (Å²) in [6, 6.07) is 8.86. The molecule has 2 N–H and O–H groups in total. The highest BCUT2D eigenvalue weighted by Crippen LogP contribution is 2.36. The fourth-order valence-electron chi connectivity index (χ4n) is 2.02. The average Bonchev–Trinajstić information content (AvgIpc) is 2.92. The Balaban J connectivity index is 2.21. The number of rotatable bonds is 3. The Kier molecular flexibility index (Phi) is 5.29. The first-order valence-electron chi connectivity index (χ1n) is 7.58. The van der Waals surface area contributed by atoms with Crippen molar-refractivity contribution in [2.24, 2.45) is 0 Å². The lowest BCUT2D eigenvalue weighted by Gasteiger charge is -2.15. The predicted octanol–water partition coefficient (Wildman–Crippen LogP) is 4.78. The van der Waals surface area contributed by atoms with Crippen molar-refractivity contribution in [3.63, 3.8) is 0 Å². The second-order valence-electron chi connectivity index (χ2n) is 6.54. The molecule has 24 heavy (non-hydrogen) atoms. The Labute approximate surface area is 146 Å². The van der Waals surface area contributed by atoms with Crippen LogP contribution < -0.4 is 10.6 Å². The van der Waals surface area contributed by atoms with Crippen LogP contribution in [-0.2, 0) is 10.2 Å². The third kappa shape index (κ3) is 4.35. The molecule has 5 nitrogen and oxygen atoms in total. The van der Waals surface area contributed by atoms with E-state index in [2.05, 4.69) is 31.4 Å². The fraction of sp³-hybridized carbons (Fsp3) is 0.333. The minimum atomic E-state index is -0.465. The highest BCUT2D eigenvalue weighted by Gasteiger charge is 2.24. The summed E-state index contributed by atoms with van der Waals surface area (Å²) in [4.78, 5) is 25.2. The first-order valence-corrected chi connectivity index (χ1v) is 8.39. The summed E-state index contributed by atoms with van der Waals surface area (Å²) in [6.45, 7) is 8.13. The Hall–Kier alpha value is -2.34. The second kappa shape index (κ2) is 7.05. The highest BCUT2D eigenvalue weighted by molar-refractivity contribution is 7.16. The number of anilines is 2. The summed E-state index contributed by atoms with van der Waals surface area (Å²) in [5.74, 6) is -0.465. The average molecular weight is 346 g/mol. The van der Waals surface area contributed by atoms with Crippen molar-refractivity contribution < 1.29 is 14.3 Å². The number of aryl methyl sites for hydroxylation is 1. The molecule has 6 heteroatoms. The van der Waals surface area contributed by atoms with Crippen LogP contribution in [0.2, 0.25) is 0 Å². The topological polar surface area (TPSA) is 67.4 Å². The number of thiophene rings is 1. The first-order chi connectivity index (χ1) is 11.2. The number of nitrogens with one attached hydrogen (secondary N) is 2. The molecule has 0 fully saturated rings. The molecule has 0 saturated heterocycles. The number of hydrogen-bond acceptors (Lipinski definition) is 4. The largest absolute Gasteiger partial charge is 0.465 e. The van der Waals surface area contributed by atoms with Crippen LogP contribution in [0.25, 0.3) is 0 Å². The quantitative estimate of drug-likeness (QED) is 0.786. The number of esters is 1.